The van der Waals surface area contributed by atoms with Crippen LogP contribution in [-0.4, -0.2) is 26.1 Å². The highest BCUT2D eigenvalue weighted by atomic mass is 32.2. The molecule has 0 aliphatic heterocycles. The van der Waals surface area contributed by atoms with Crippen LogP contribution >= 0.6 is 0 Å². The molecule has 0 aromatic heterocycles. The molecule has 0 fully saturated rings. The van der Waals surface area contributed by atoms with Crippen LogP contribution in [0.3, 0.4) is 0 Å². The van der Waals surface area contributed by atoms with Crippen LogP contribution in [0.4, 0.5) is 14.5 Å². The number of hydrogen-bond donors (Lipinski definition) is 1. The molecule has 0 aliphatic carbocycles. The molecule has 1 N–H and O–H groups in total. The van der Waals surface area contributed by atoms with E-state index >= 15 is 0 Å². The highest BCUT2D eigenvalue weighted by Crippen LogP contribution is 2.21. The number of benzene rings is 3. The van der Waals surface area contributed by atoms with Crippen LogP contribution in [-0.2, 0) is 9.84 Å². The summed E-state index contributed by atoms with van der Waals surface area (Å²) in [5.41, 5.74) is 0.972. The van der Waals surface area contributed by atoms with Crippen molar-refractivity contribution in [3.8, 4) is 5.75 Å². The average Bonchev–Trinajstić information content (AvgIpc) is 2.75. The maximum absolute atomic E-state index is 12.5. The highest BCUT2D eigenvalue weighted by molar-refractivity contribution is 7.91. The summed E-state index contributed by atoms with van der Waals surface area (Å²) >= 11 is 0. The van der Waals surface area contributed by atoms with E-state index in [-0.39, 0.29) is 17.2 Å². The summed E-state index contributed by atoms with van der Waals surface area (Å²) in [6.45, 7) is 0. The Morgan fingerprint density at radius 3 is 1.97 bits per heavy atom. The third-order valence-electron chi connectivity index (χ3n) is 4.01. The minimum atomic E-state index is -4.73. The van der Waals surface area contributed by atoms with Gasteiger partial charge in [-0.2, -0.15) is 8.78 Å². The summed E-state index contributed by atoms with van der Waals surface area (Å²) < 4.78 is 53.1. The Labute approximate surface area is 171 Å². The third-order valence-corrected chi connectivity index (χ3v) is 5.41. The van der Waals surface area contributed by atoms with E-state index in [0.29, 0.717) is 11.3 Å². The standard InChI is InChI=1S/C21H15F2NO5S/c22-21(23)30(27,28)18-12-6-15(7-13-18)20(26)29-17-10-8-16(9-11-17)24-19(25)14-4-2-1-3-5-14/h1-13,21H,(H,24,25). The zero-order valence-corrected chi connectivity index (χ0v) is 16.1. The SMILES string of the molecule is O=C(Nc1ccc(OC(=O)c2ccc(S(=O)(=O)C(F)F)cc2)cc1)c1ccccc1. The average molecular weight is 431 g/mol. The first-order valence-electron chi connectivity index (χ1n) is 8.58. The lowest BCUT2D eigenvalue weighted by molar-refractivity contribution is 0.0734. The predicted molar refractivity (Wildman–Crippen MR) is 105 cm³/mol. The Balaban J connectivity index is 1.64. The van der Waals surface area contributed by atoms with Crippen molar-refractivity contribution in [1.29, 1.82) is 0 Å². The van der Waals surface area contributed by atoms with E-state index < -0.39 is 26.5 Å². The third kappa shape index (κ3) is 4.87. The van der Waals surface area contributed by atoms with Gasteiger partial charge in [-0.05, 0) is 60.7 Å². The molecular formula is C21H15F2NO5S. The van der Waals surface area contributed by atoms with Gasteiger partial charge in [0, 0.05) is 11.3 Å². The van der Waals surface area contributed by atoms with Crippen molar-refractivity contribution < 1.29 is 31.5 Å². The lowest BCUT2D eigenvalue weighted by Crippen LogP contribution is -2.13. The molecule has 1 amide bonds. The molecule has 0 bridgehead atoms. The minimum Gasteiger partial charge on any atom is -0.423 e. The van der Waals surface area contributed by atoms with Crippen molar-refractivity contribution in [3.05, 3.63) is 90.0 Å². The van der Waals surface area contributed by atoms with E-state index in [9.17, 15) is 26.8 Å². The summed E-state index contributed by atoms with van der Waals surface area (Å²) in [5, 5.41) is 2.70. The second-order valence-corrected chi connectivity index (χ2v) is 7.98. The smallest absolute Gasteiger partial charge is 0.343 e. The molecule has 3 rings (SSSR count). The predicted octanol–water partition coefficient (Wildman–Crippen LogP) is 4.15. The number of ether oxygens (including phenoxy) is 1. The lowest BCUT2D eigenvalue weighted by atomic mass is 10.2. The summed E-state index contributed by atoms with van der Waals surface area (Å²) in [6.07, 6.45) is 0. The number of anilines is 1. The zero-order valence-electron chi connectivity index (χ0n) is 15.3. The van der Waals surface area contributed by atoms with Crippen molar-refractivity contribution in [3.63, 3.8) is 0 Å². The Bertz CT molecular complexity index is 1150. The van der Waals surface area contributed by atoms with Gasteiger partial charge in [0.25, 0.3) is 5.91 Å². The Morgan fingerprint density at radius 1 is 0.800 bits per heavy atom. The number of amides is 1. The Hall–Kier alpha value is -3.59. The van der Waals surface area contributed by atoms with Crippen LogP contribution in [0.1, 0.15) is 20.7 Å². The van der Waals surface area contributed by atoms with E-state index in [4.69, 9.17) is 4.74 Å². The van der Waals surface area contributed by atoms with Gasteiger partial charge in [0.2, 0.25) is 9.84 Å². The number of nitrogens with one attached hydrogen (secondary N) is 1. The molecule has 3 aromatic carbocycles. The molecule has 6 nitrogen and oxygen atoms in total. The number of alkyl halides is 2. The van der Waals surface area contributed by atoms with Gasteiger partial charge in [-0.15, -0.1) is 0 Å². The van der Waals surface area contributed by atoms with Gasteiger partial charge in [0.05, 0.1) is 10.5 Å². The first-order chi connectivity index (χ1) is 14.3. The number of halogens is 2. The molecule has 154 valence electrons. The number of esters is 1. The van der Waals surface area contributed by atoms with Crippen molar-refractivity contribution in [2.45, 2.75) is 10.7 Å². The Morgan fingerprint density at radius 2 is 1.40 bits per heavy atom. The van der Waals surface area contributed by atoms with Crippen LogP contribution in [0.25, 0.3) is 0 Å². The lowest BCUT2D eigenvalue weighted by Gasteiger charge is -2.08. The van der Waals surface area contributed by atoms with Crippen LogP contribution in [0, 0.1) is 0 Å². The van der Waals surface area contributed by atoms with E-state index in [1.54, 1.807) is 42.5 Å². The van der Waals surface area contributed by atoms with E-state index in [0.717, 1.165) is 24.3 Å². The fourth-order valence-electron chi connectivity index (χ4n) is 2.45. The molecule has 30 heavy (non-hydrogen) atoms. The van der Waals surface area contributed by atoms with E-state index in [1.165, 1.54) is 12.1 Å². The highest BCUT2D eigenvalue weighted by Gasteiger charge is 2.26. The molecule has 3 aromatic rings. The molecule has 9 heteroatoms. The molecule has 0 atom stereocenters. The summed E-state index contributed by atoms with van der Waals surface area (Å²) in [4.78, 5) is 23.7. The second kappa shape index (κ2) is 8.83. The monoisotopic (exact) mass is 431 g/mol. The van der Waals surface area contributed by atoms with E-state index in [1.807, 2.05) is 0 Å². The minimum absolute atomic E-state index is 0.00956. The van der Waals surface area contributed by atoms with Gasteiger partial charge < -0.3 is 10.1 Å². The largest absolute Gasteiger partial charge is 0.423 e. The molecular weight excluding hydrogens is 416 g/mol. The molecule has 0 aliphatic rings. The van der Waals surface area contributed by atoms with Gasteiger partial charge in [0.1, 0.15) is 5.75 Å². The van der Waals surface area contributed by atoms with Crippen molar-refractivity contribution >= 4 is 27.4 Å². The Kier molecular flexibility index (Phi) is 6.22. The second-order valence-electron chi connectivity index (χ2n) is 6.06. The number of carbonyl (C=O) groups is 2. The zero-order chi connectivity index (χ0) is 21.7. The number of rotatable bonds is 6. The molecule has 0 spiro atoms. The molecule has 0 heterocycles. The first-order valence-corrected chi connectivity index (χ1v) is 10.1. The quantitative estimate of drug-likeness (QED) is 0.468. The molecule has 0 radical (unpaired) electrons. The maximum Gasteiger partial charge on any atom is 0.343 e. The van der Waals surface area contributed by atoms with E-state index in [2.05, 4.69) is 5.32 Å². The summed E-state index contributed by atoms with van der Waals surface area (Å²) in [7, 11) is -4.73. The molecule has 0 saturated heterocycles. The van der Waals surface area contributed by atoms with Crippen LogP contribution in [0.15, 0.2) is 83.8 Å². The van der Waals surface area contributed by atoms with Gasteiger partial charge >= 0.3 is 11.7 Å². The fraction of sp³-hybridized carbons (Fsp3) is 0.0476. The summed E-state index contributed by atoms with van der Waals surface area (Å²) in [5.74, 6) is -4.45. The maximum atomic E-state index is 12.5. The topological polar surface area (TPSA) is 89.5 Å². The van der Waals surface area contributed by atoms with Crippen LogP contribution in [0.5, 0.6) is 5.75 Å². The van der Waals surface area contributed by atoms with Crippen molar-refractivity contribution in [1.82, 2.24) is 0 Å². The number of hydrogen-bond acceptors (Lipinski definition) is 5. The fourth-order valence-corrected chi connectivity index (χ4v) is 3.17. The van der Waals surface area contributed by atoms with Crippen molar-refractivity contribution in [2.75, 3.05) is 5.32 Å². The van der Waals surface area contributed by atoms with Gasteiger partial charge in [-0.1, -0.05) is 18.2 Å². The van der Waals surface area contributed by atoms with Crippen LogP contribution in [0.2, 0.25) is 0 Å². The number of carbonyl (C=O) groups excluding carboxylic acids is 2. The number of sulfone groups is 1. The van der Waals surface area contributed by atoms with Gasteiger partial charge in [0.15, 0.2) is 0 Å². The molecule has 0 unspecified atom stereocenters. The first kappa shape index (κ1) is 21.1. The molecule has 0 saturated carbocycles. The van der Waals surface area contributed by atoms with Gasteiger partial charge in [-0.25, -0.2) is 13.2 Å². The normalized spacial score (nSPS) is 11.2. The van der Waals surface area contributed by atoms with Crippen molar-refractivity contribution in [2.24, 2.45) is 0 Å². The van der Waals surface area contributed by atoms with Crippen LogP contribution < -0.4 is 10.1 Å². The van der Waals surface area contributed by atoms with Gasteiger partial charge in [-0.3, -0.25) is 4.79 Å². The summed E-state index contributed by atoms with van der Waals surface area (Å²) in [6, 6.07) is 18.7.